The molecule has 0 amide bonds. The first kappa shape index (κ1) is 16.8. The van der Waals surface area contributed by atoms with Crippen molar-refractivity contribution < 1.29 is 9.52 Å². The first-order chi connectivity index (χ1) is 12.7. The van der Waals surface area contributed by atoms with E-state index in [1.165, 1.54) is 25.7 Å². The van der Waals surface area contributed by atoms with Crippen LogP contribution in [-0.2, 0) is 6.54 Å². The van der Waals surface area contributed by atoms with Crippen LogP contribution in [0.5, 0.6) is 5.75 Å². The van der Waals surface area contributed by atoms with Crippen LogP contribution in [0.1, 0.15) is 31.2 Å². The lowest BCUT2D eigenvalue weighted by atomic mass is 10.1. The van der Waals surface area contributed by atoms with Gasteiger partial charge in [0, 0.05) is 18.1 Å². The third kappa shape index (κ3) is 3.35. The minimum absolute atomic E-state index is 0.176. The van der Waals surface area contributed by atoms with Crippen molar-refractivity contribution in [2.24, 2.45) is 0 Å². The van der Waals surface area contributed by atoms with Crippen molar-refractivity contribution in [1.29, 1.82) is 0 Å². The number of hydrogen-bond acceptors (Lipinski definition) is 5. The van der Waals surface area contributed by atoms with E-state index in [4.69, 9.17) is 4.42 Å². The summed E-state index contributed by atoms with van der Waals surface area (Å²) in [6.45, 7) is 2.60. The van der Waals surface area contributed by atoms with Gasteiger partial charge in [-0.2, -0.15) is 0 Å². The Hall–Kier alpha value is -2.66. The fraction of sp³-hybridized carbons (Fsp3) is 0.333. The number of phenols is 1. The summed E-state index contributed by atoms with van der Waals surface area (Å²) >= 11 is 0. The number of aromatic hydroxyl groups is 1. The van der Waals surface area contributed by atoms with Crippen LogP contribution in [0.3, 0.4) is 0 Å². The number of rotatable bonds is 3. The summed E-state index contributed by atoms with van der Waals surface area (Å²) in [5.41, 5.74) is 1.75. The normalized spacial score (nSPS) is 15.8. The molecule has 1 fully saturated rings. The summed E-state index contributed by atoms with van der Waals surface area (Å²) in [5, 5.41) is 11.2. The standard InChI is InChI=1S/C21H22N2O3/c24-19-9-8-15-13-16(18-7-3-4-10-22-18)21(25)26-20(15)17(19)14-23-11-5-1-2-6-12-23/h3-4,7-10,13,24H,1-2,5-6,11-12,14H2. The van der Waals surface area contributed by atoms with Gasteiger partial charge in [0.25, 0.3) is 0 Å². The maximum absolute atomic E-state index is 12.5. The summed E-state index contributed by atoms with van der Waals surface area (Å²) in [5.74, 6) is 0.176. The maximum Gasteiger partial charge on any atom is 0.345 e. The van der Waals surface area contributed by atoms with E-state index in [1.807, 2.05) is 12.1 Å². The van der Waals surface area contributed by atoms with Gasteiger partial charge >= 0.3 is 5.63 Å². The Morgan fingerprint density at radius 1 is 1.08 bits per heavy atom. The van der Waals surface area contributed by atoms with Crippen LogP contribution in [0, 0.1) is 0 Å². The van der Waals surface area contributed by atoms with Crippen molar-refractivity contribution >= 4 is 11.0 Å². The van der Waals surface area contributed by atoms with E-state index in [-0.39, 0.29) is 5.75 Å². The van der Waals surface area contributed by atoms with Crippen molar-refractivity contribution in [2.75, 3.05) is 13.1 Å². The molecule has 1 aliphatic rings. The quantitative estimate of drug-likeness (QED) is 0.725. The highest BCUT2D eigenvalue weighted by molar-refractivity contribution is 5.85. The molecule has 0 atom stereocenters. The van der Waals surface area contributed by atoms with Gasteiger partial charge in [0.2, 0.25) is 0 Å². The highest BCUT2D eigenvalue weighted by Crippen LogP contribution is 2.30. The summed E-state index contributed by atoms with van der Waals surface area (Å²) in [7, 11) is 0. The van der Waals surface area contributed by atoms with Gasteiger partial charge < -0.3 is 9.52 Å². The van der Waals surface area contributed by atoms with Crippen LogP contribution in [-0.4, -0.2) is 28.1 Å². The molecule has 0 saturated carbocycles. The molecule has 4 rings (SSSR count). The summed E-state index contributed by atoms with van der Waals surface area (Å²) in [4.78, 5) is 19.1. The number of benzene rings is 1. The largest absolute Gasteiger partial charge is 0.507 e. The Morgan fingerprint density at radius 3 is 2.62 bits per heavy atom. The zero-order valence-corrected chi connectivity index (χ0v) is 14.6. The molecule has 3 aromatic rings. The first-order valence-electron chi connectivity index (χ1n) is 9.15. The van der Waals surface area contributed by atoms with E-state index in [9.17, 15) is 9.90 Å². The molecule has 5 heteroatoms. The lowest BCUT2D eigenvalue weighted by Crippen LogP contribution is -2.24. The predicted molar refractivity (Wildman–Crippen MR) is 101 cm³/mol. The molecule has 1 aliphatic heterocycles. The van der Waals surface area contributed by atoms with Crippen LogP contribution >= 0.6 is 0 Å². The SMILES string of the molecule is O=c1oc2c(CN3CCCCCC3)c(O)ccc2cc1-c1ccccn1. The third-order valence-corrected chi connectivity index (χ3v) is 5.00. The molecule has 0 aliphatic carbocycles. The second-order valence-electron chi connectivity index (χ2n) is 6.83. The van der Waals surface area contributed by atoms with Crippen LogP contribution in [0.15, 0.2) is 51.8 Å². The van der Waals surface area contributed by atoms with E-state index in [0.29, 0.717) is 28.9 Å². The van der Waals surface area contributed by atoms with E-state index < -0.39 is 5.63 Å². The number of likely N-dealkylation sites (tertiary alicyclic amines) is 1. The number of phenolic OH excluding ortho intramolecular Hbond substituents is 1. The average Bonchev–Trinajstić information content (AvgIpc) is 2.93. The monoisotopic (exact) mass is 350 g/mol. The van der Waals surface area contributed by atoms with Crippen molar-refractivity contribution in [2.45, 2.75) is 32.2 Å². The van der Waals surface area contributed by atoms with Gasteiger partial charge in [-0.25, -0.2) is 4.79 Å². The first-order valence-corrected chi connectivity index (χ1v) is 9.15. The molecule has 0 bridgehead atoms. The van der Waals surface area contributed by atoms with Gasteiger partial charge in [-0.05, 0) is 56.3 Å². The number of hydrogen-bond donors (Lipinski definition) is 1. The number of aromatic nitrogens is 1. The Kier molecular flexibility index (Phi) is 4.71. The van der Waals surface area contributed by atoms with Crippen molar-refractivity contribution in [3.05, 3.63) is 58.6 Å². The lowest BCUT2D eigenvalue weighted by Gasteiger charge is -2.20. The molecular weight excluding hydrogens is 328 g/mol. The van der Waals surface area contributed by atoms with E-state index in [1.54, 1.807) is 30.5 Å². The highest BCUT2D eigenvalue weighted by Gasteiger charge is 2.17. The highest BCUT2D eigenvalue weighted by atomic mass is 16.4. The molecule has 2 aromatic heterocycles. The topological polar surface area (TPSA) is 66.6 Å². The predicted octanol–water partition coefficient (Wildman–Crippen LogP) is 3.94. The molecule has 0 unspecified atom stereocenters. The van der Waals surface area contributed by atoms with Gasteiger partial charge in [-0.3, -0.25) is 9.88 Å². The second-order valence-corrected chi connectivity index (χ2v) is 6.83. The summed E-state index contributed by atoms with van der Waals surface area (Å²) in [6.07, 6.45) is 6.49. The minimum atomic E-state index is -0.432. The number of nitrogens with zero attached hydrogens (tertiary/aromatic N) is 2. The van der Waals surface area contributed by atoms with Crippen molar-refractivity contribution in [3.63, 3.8) is 0 Å². The van der Waals surface area contributed by atoms with E-state index >= 15 is 0 Å². The van der Waals surface area contributed by atoms with E-state index in [0.717, 1.165) is 18.5 Å². The molecule has 134 valence electrons. The van der Waals surface area contributed by atoms with Crippen molar-refractivity contribution in [1.82, 2.24) is 9.88 Å². The maximum atomic E-state index is 12.5. The molecule has 0 spiro atoms. The third-order valence-electron chi connectivity index (χ3n) is 5.00. The van der Waals surface area contributed by atoms with Crippen LogP contribution in [0.25, 0.3) is 22.2 Å². The summed E-state index contributed by atoms with van der Waals surface area (Å²) in [6, 6.07) is 10.7. The van der Waals surface area contributed by atoms with Crippen LogP contribution in [0.2, 0.25) is 0 Å². The zero-order chi connectivity index (χ0) is 17.9. The Labute approximate surface area is 151 Å². The summed E-state index contributed by atoms with van der Waals surface area (Å²) < 4.78 is 5.65. The van der Waals surface area contributed by atoms with Gasteiger partial charge in [0.1, 0.15) is 11.3 Å². The number of fused-ring (bicyclic) bond motifs is 1. The fourth-order valence-electron chi connectivity index (χ4n) is 3.60. The van der Waals surface area contributed by atoms with Gasteiger partial charge in [-0.15, -0.1) is 0 Å². The molecular formula is C21H22N2O3. The fourth-order valence-corrected chi connectivity index (χ4v) is 3.60. The molecule has 1 saturated heterocycles. The van der Waals surface area contributed by atoms with E-state index in [2.05, 4.69) is 9.88 Å². The van der Waals surface area contributed by atoms with Gasteiger partial charge in [0.05, 0.1) is 16.8 Å². The Bertz CT molecular complexity index is 958. The number of pyridine rings is 1. The van der Waals surface area contributed by atoms with Crippen molar-refractivity contribution in [3.8, 4) is 17.0 Å². The zero-order valence-electron chi connectivity index (χ0n) is 14.6. The molecule has 1 aromatic carbocycles. The van der Waals surface area contributed by atoms with Gasteiger partial charge in [0.15, 0.2) is 0 Å². The van der Waals surface area contributed by atoms with Crippen LogP contribution in [0.4, 0.5) is 0 Å². The Morgan fingerprint density at radius 2 is 1.88 bits per heavy atom. The average molecular weight is 350 g/mol. The minimum Gasteiger partial charge on any atom is -0.507 e. The molecule has 0 radical (unpaired) electrons. The van der Waals surface area contributed by atoms with Crippen LogP contribution < -0.4 is 5.63 Å². The molecule has 1 N–H and O–H groups in total. The second kappa shape index (κ2) is 7.30. The molecule has 3 heterocycles. The lowest BCUT2D eigenvalue weighted by molar-refractivity contribution is 0.272. The Balaban J connectivity index is 1.77. The van der Waals surface area contributed by atoms with Gasteiger partial charge in [-0.1, -0.05) is 18.9 Å². The smallest absolute Gasteiger partial charge is 0.345 e. The molecule has 26 heavy (non-hydrogen) atoms. The molecule has 5 nitrogen and oxygen atoms in total.